The quantitative estimate of drug-likeness (QED) is 0.568. The van der Waals surface area contributed by atoms with Crippen LogP contribution in [0.3, 0.4) is 0 Å². The summed E-state index contributed by atoms with van der Waals surface area (Å²) in [5.41, 5.74) is 0.453. The summed E-state index contributed by atoms with van der Waals surface area (Å²) in [5, 5.41) is 5.23. The molecular weight excluding hydrogens is 444 g/mol. The van der Waals surface area contributed by atoms with Gasteiger partial charge in [-0.25, -0.2) is 18.2 Å². The Kier molecular flexibility index (Phi) is 7.36. The van der Waals surface area contributed by atoms with E-state index in [9.17, 15) is 18.0 Å². The molecule has 0 unspecified atom stereocenters. The van der Waals surface area contributed by atoms with Crippen molar-refractivity contribution in [1.82, 2.24) is 14.6 Å². The summed E-state index contributed by atoms with van der Waals surface area (Å²) in [6, 6.07) is 7.18. The van der Waals surface area contributed by atoms with E-state index in [4.69, 9.17) is 9.47 Å². The molecule has 2 heterocycles. The first kappa shape index (κ1) is 22.8. The van der Waals surface area contributed by atoms with Crippen LogP contribution in [0.5, 0.6) is 11.5 Å². The molecule has 0 saturated heterocycles. The Morgan fingerprint density at radius 2 is 1.87 bits per heavy atom. The number of anilines is 1. The zero-order chi connectivity index (χ0) is 22.4. The zero-order valence-electron chi connectivity index (χ0n) is 17.0. The molecule has 1 aliphatic rings. The Morgan fingerprint density at radius 3 is 2.55 bits per heavy atom. The second-order valence-corrected chi connectivity index (χ2v) is 9.21. The van der Waals surface area contributed by atoms with Gasteiger partial charge in [0.2, 0.25) is 22.7 Å². The summed E-state index contributed by atoms with van der Waals surface area (Å²) < 4.78 is 36.7. The molecule has 1 aromatic carbocycles. The number of fused-ring (bicyclic) bond motifs is 1. The molecule has 31 heavy (non-hydrogen) atoms. The number of carbonyl (C=O) groups is 2. The van der Waals surface area contributed by atoms with E-state index in [0.717, 1.165) is 11.8 Å². The van der Waals surface area contributed by atoms with Crippen LogP contribution in [-0.4, -0.2) is 55.3 Å². The smallest absolute Gasteiger partial charge is 0.325 e. The average molecular weight is 467 g/mol. The number of nitrogens with zero attached hydrogens (tertiary/aromatic N) is 2. The Bertz CT molecular complexity index is 1060. The van der Waals surface area contributed by atoms with Crippen LogP contribution >= 0.6 is 11.8 Å². The largest absolute Gasteiger partial charge is 0.454 e. The van der Waals surface area contributed by atoms with Gasteiger partial charge in [-0.15, -0.1) is 0 Å². The Morgan fingerprint density at radius 1 is 1.13 bits per heavy atom. The van der Waals surface area contributed by atoms with Gasteiger partial charge in [-0.3, -0.25) is 10.1 Å². The molecule has 0 aliphatic carbocycles. The highest BCUT2D eigenvalue weighted by molar-refractivity contribution is 7.99. The third-order valence-corrected chi connectivity index (χ3v) is 7.26. The van der Waals surface area contributed by atoms with Crippen LogP contribution in [0.2, 0.25) is 0 Å². The molecule has 0 fully saturated rings. The molecule has 1 aliphatic heterocycles. The maximum absolute atomic E-state index is 12.5. The van der Waals surface area contributed by atoms with E-state index in [1.165, 1.54) is 22.6 Å². The van der Waals surface area contributed by atoms with Crippen molar-refractivity contribution in [3.8, 4) is 11.5 Å². The van der Waals surface area contributed by atoms with Gasteiger partial charge in [-0.1, -0.05) is 25.6 Å². The minimum Gasteiger partial charge on any atom is -0.454 e. The van der Waals surface area contributed by atoms with Crippen LogP contribution in [-0.2, 0) is 14.8 Å². The number of hydrogen-bond acceptors (Lipinski definition) is 8. The number of nitrogens with one attached hydrogen (secondary N) is 2. The summed E-state index contributed by atoms with van der Waals surface area (Å²) >= 11 is 1.08. The van der Waals surface area contributed by atoms with Crippen LogP contribution in [0.4, 0.5) is 10.5 Å². The van der Waals surface area contributed by atoms with Crippen LogP contribution in [0.25, 0.3) is 0 Å². The van der Waals surface area contributed by atoms with Gasteiger partial charge < -0.3 is 14.8 Å². The lowest BCUT2D eigenvalue weighted by molar-refractivity contribution is -0.117. The molecule has 3 amide bonds. The minimum atomic E-state index is -3.59. The molecule has 166 valence electrons. The van der Waals surface area contributed by atoms with Crippen molar-refractivity contribution in [2.45, 2.75) is 23.8 Å². The highest BCUT2D eigenvalue weighted by Crippen LogP contribution is 2.34. The fraction of sp³-hybridized carbons (Fsp3) is 0.316. The number of benzene rings is 1. The number of thioether (sulfide) groups is 1. The first-order chi connectivity index (χ1) is 14.8. The first-order valence-electron chi connectivity index (χ1n) is 9.43. The van der Waals surface area contributed by atoms with E-state index in [0.29, 0.717) is 35.3 Å². The minimum absolute atomic E-state index is 0.0658. The molecule has 10 nitrogen and oxygen atoms in total. The van der Waals surface area contributed by atoms with E-state index in [1.54, 1.807) is 32.0 Å². The van der Waals surface area contributed by atoms with Crippen molar-refractivity contribution in [3.63, 3.8) is 0 Å². The fourth-order valence-corrected chi connectivity index (χ4v) is 4.80. The molecule has 0 saturated carbocycles. The molecule has 3 rings (SSSR count). The van der Waals surface area contributed by atoms with Gasteiger partial charge in [-0.05, 0) is 24.3 Å². The molecule has 2 aromatic rings. The summed E-state index contributed by atoms with van der Waals surface area (Å²) in [6.07, 6.45) is 1.26. The van der Waals surface area contributed by atoms with Crippen molar-refractivity contribution in [2.24, 2.45) is 0 Å². The van der Waals surface area contributed by atoms with E-state index in [1.807, 2.05) is 0 Å². The van der Waals surface area contributed by atoms with Crippen LogP contribution in [0.15, 0.2) is 46.5 Å². The van der Waals surface area contributed by atoms with Crippen LogP contribution in [0.1, 0.15) is 13.8 Å². The number of ether oxygens (including phenoxy) is 2. The molecule has 2 N–H and O–H groups in total. The van der Waals surface area contributed by atoms with Crippen molar-refractivity contribution in [3.05, 3.63) is 36.5 Å². The third-order valence-electron chi connectivity index (χ3n) is 4.29. The molecule has 1 aromatic heterocycles. The lowest BCUT2D eigenvalue weighted by atomic mass is 10.3. The average Bonchev–Trinajstić information content (AvgIpc) is 3.21. The molecule has 0 spiro atoms. The highest BCUT2D eigenvalue weighted by Gasteiger charge is 2.22. The maximum Gasteiger partial charge on any atom is 0.325 e. The molecule has 0 atom stereocenters. The van der Waals surface area contributed by atoms with Crippen molar-refractivity contribution in [2.75, 3.05) is 31.0 Å². The molecule has 0 bridgehead atoms. The van der Waals surface area contributed by atoms with E-state index in [2.05, 4.69) is 15.6 Å². The maximum atomic E-state index is 12.5. The normalized spacial score (nSPS) is 12.6. The Labute approximate surface area is 184 Å². The second kappa shape index (κ2) is 9.98. The zero-order valence-corrected chi connectivity index (χ0v) is 18.6. The van der Waals surface area contributed by atoms with Gasteiger partial charge in [0.1, 0.15) is 4.90 Å². The number of pyridine rings is 1. The van der Waals surface area contributed by atoms with Gasteiger partial charge in [0, 0.05) is 31.0 Å². The number of aromatic nitrogens is 1. The van der Waals surface area contributed by atoms with Gasteiger partial charge in [-0.2, -0.15) is 4.31 Å². The standard InChI is InChI=1S/C19H22N4O6S2/c1-3-23(4-2)31(26,27)14-6-8-18(20-10-14)30-11-17(24)22-19(25)21-13-5-7-15-16(9-13)29-12-28-15/h5-10H,3-4,11-12H2,1-2H3,(H2,21,22,24,25). The SMILES string of the molecule is CCN(CC)S(=O)(=O)c1ccc(SCC(=O)NC(=O)Nc2ccc3c(c2)OCO3)nc1. The first-order valence-corrected chi connectivity index (χ1v) is 11.9. The number of carbonyl (C=O) groups excluding carboxylic acids is 2. The summed E-state index contributed by atoms with van der Waals surface area (Å²) in [4.78, 5) is 28.2. The predicted molar refractivity (Wildman–Crippen MR) is 115 cm³/mol. The van der Waals surface area contributed by atoms with Crippen molar-refractivity contribution in [1.29, 1.82) is 0 Å². The second-order valence-electron chi connectivity index (χ2n) is 6.28. The highest BCUT2D eigenvalue weighted by atomic mass is 32.2. The Hall–Kier alpha value is -2.83. The monoisotopic (exact) mass is 466 g/mol. The number of sulfonamides is 1. The fourth-order valence-electron chi connectivity index (χ4n) is 2.76. The molecule has 0 radical (unpaired) electrons. The van der Waals surface area contributed by atoms with Gasteiger partial charge in [0.15, 0.2) is 11.5 Å². The number of imide groups is 1. The van der Waals surface area contributed by atoms with Crippen LogP contribution < -0.4 is 20.1 Å². The number of rotatable bonds is 8. The van der Waals surface area contributed by atoms with Gasteiger partial charge in [0.05, 0.1) is 10.8 Å². The van der Waals surface area contributed by atoms with Gasteiger partial charge in [0.25, 0.3) is 0 Å². The number of amides is 3. The van der Waals surface area contributed by atoms with Gasteiger partial charge >= 0.3 is 6.03 Å². The topological polar surface area (TPSA) is 127 Å². The predicted octanol–water partition coefficient (Wildman–Crippen LogP) is 2.28. The van der Waals surface area contributed by atoms with Crippen molar-refractivity contribution >= 4 is 39.4 Å². The third kappa shape index (κ3) is 5.66. The molecular formula is C19H22N4O6S2. The van der Waals surface area contributed by atoms with Crippen molar-refractivity contribution < 1.29 is 27.5 Å². The summed E-state index contributed by atoms with van der Waals surface area (Å²) in [7, 11) is -3.59. The van der Waals surface area contributed by atoms with E-state index < -0.39 is 22.0 Å². The van der Waals surface area contributed by atoms with Crippen LogP contribution in [0, 0.1) is 0 Å². The number of urea groups is 1. The number of hydrogen-bond donors (Lipinski definition) is 2. The summed E-state index contributed by atoms with van der Waals surface area (Å²) in [5.74, 6) is 0.507. The lowest BCUT2D eigenvalue weighted by Crippen LogP contribution is -2.35. The summed E-state index contributed by atoms with van der Waals surface area (Å²) in [6.45, 7) is 4.38. The van der Waals surface area contributed by atoms with E-state index in [-0.39, 0.29) is 17.4 Å². The Balaban J connectivity index is 1.49. The molecule has 12 heteroatoms. The lowest BCUT2D eigenvalue weighted by Gasteiger charge is -2.18. The van der Waals surface area contributed by atoms with E-state index >= 15 is 0 Å².